The Morgan fingerprint density at radius 1 is 1.12 bits per heavy atom. The highest BCUT2D eigenvalue weighted by atomic mass is 16.3. The lowest BCUT2D eigenvalue weighted by molar-refractivity contribution is -0.918. The Balaban J connectivity index is 2.03. The molecule has 0 unspecified atom stereocenters. The zero-order valence-corrected chi connectivity index (χ0v) is 15.0. The first-order valence-electron chi connectivity index (χ1n) is 8.81. The Morgan fingerprint density at radius 2 is 1.72 bits per heavy atom. The highest BCUT2D eigenvalue weighted by Crippen LogP contribution is 2.17. The molecule has 0 aromatic heterocycles. The molecular weight excluding hydrogens is 320 g/mol. The Kier molecular flexibility index (Phi) is 7.21. The summed E-state index contributed by atoms with van der Waals surface area (Å²) in [6, 6.07) is 8.49. The van der Waals surface area contributed by atoms with Gasteiger partial charge in [0.2, 0.25) is 0 Å². The average Bonchev–Trinajstić information content (AvgIpc) is 3.14. The zero-order valence-electron chi connectivity index (χ0n) is 15.0. The van der Waals surface area contributed by atoms with Crippen molar-refractivity contribution < 1.29 is 19.6 Å². The molecule has 1 atom stereocenters. The van der Waals surface area contributed by atoms with Crippen LogP contribution in [0.15, 0.2) is 24.3 Å². The Hall–Kier alpha value is -2.12. The summed E-state index contributed by atoms with van der Waals surface area (Å²) >= 11 is 0. The summed E-state index contributed by atoms with van der Waals surface area (Å²) in [5.74, 6) is -1.35. The Morgan fingerprint density at radius 3 is 2.28 bits per heavy atom. The second-order valence-electron chi connectivity index (χ2n) is 6.59. The highest BCUT2D eigenvalue weighted by Gasteiger charge is 2.28. The molecule has 4 N–H and O–H groups in total. The van der Waals surface area contributed by atoms with Crippen molar-refractivity contribution in [3.05, 3.63) is 29.8 Å². The molecule has 0 spiro atoms. The predicted molar refractivity (Wildman–Crippen MR) is 96.5 cm³/mol. The van der Waals surface area contributed by atoms with Crippen molar-refractivity contribution in [1.29, 1.82) is 0 Å². The van der Waals surface area contributed by atoms with E-state index in [4.69, 9.17) is 5.11 Å². The predicted octanol–water partition coefficient (Wildman–Crippen LogP) is -1.30. The Bertz CT molecular complexity index is 568. The fraction of sp³-hybridized carbons (Fsp3) is 0.556. The number of carbonyl (C=O) groups excluding carboxylic acids is 2. The number of hydrogen-bond donors (Lipinski definition) is 4. The molecule has 1 aromatic rings. The van der Waals surface area contributed by atoms with Gasteiger partial charge in [0.15, 0.2) is 0 Å². The molecule has 0 saturated carbocycles. The topological polar surface area (TPSA) is 86.1 Å². The number of hydrogen-bond acceptors (Lipinski definition) is 4. The molecule has 0 aliphatic carbocycles. The summed E-state index contributed by atoms with van der Waals surface area (Å²) in [4.78, 5) is 27.1. The number of likely N-dealkylation sites (tertiary alicyclic amines) is 1. The van der Waals surface area contributed by atoms with Crippen molar-refractivity contribution in [2.24, 2.45) is 0 Å². The van der Waals surface area contributed by atoms with E-state index in [9.17, 15) is 9.59 Å². The number of amides is 2. The standard InChI is InChI=1S/C18H28N4O3/c1-21(2)15-7-5-14(6-8-15)16(22-10-3-4-11-22)13-20-18(25)17(24)19-9-12-23/h5-8,16,23H,3-4,9-13H2,1-2H3,(H,19,24)(H,20,25)/p+1/t16-/m0/s1. The third kappa shape index (κ3) is 5.44. The maximum absolute atomic E-state index is 11.9. The number of rotatable bonds is 7. The van der Waals surface area contributed by atoms with Crippen molar-refractivity contribution >= 4 is 17.5 Å². The molecule has 1 aliphatic heterocycles. The molecule has 1 fully saturated rings. The van der Waals surface area contributed by atoms with Crippen LogP contribution in [0.25, 0.3) is 0 Å². The van der Waals surface area contributed by atoms with Gasteiger partial charge >= 0.3 is 11.8 Å². The summed E-state index contributed by atoms with van der Waals surface area (Å²) in [7, 11) is 4.01. The molecular formula is C18H29N4O3+. The number of aliphatic hydroxyl groups excluding tert-OH is 1. The molecule has 1 aromatic carbocycles. The number of nitrogens with one attached hydrogen (secondary N) is 3. The van der Waals surface area contributed by atoms with E-state index in [0.29, 0.717) is 6.54 Å². The first kappa shape index (κ1) is 19.2. The van der Waals surface area contributed by atoms with Gasteiger partial charge in [-0.2, -0.15) is 0 Å². The summed E-state index contributed by atoms with van der Waals surface area (Å²) in [5.41, 5.74) is 2.30. The molecule has 7 heteroatoms. The molecule has 1 saturated heterocycles. The van der Waals surface area contributed by atoms with Crippen LogP contribution in [-0.4, -0.2) is 63.8 Å². The third-order valence-electron chi connectivity index (χ3n) is 4.62. The molecule has 2 amide bonds. The monoisotopic (exact) mass is 349 g/mol. The van der Waals surface area contributed by atoms with E-state index in [-0.39, 0.29) is 19.2 Å². The summed E-state index contributed by atoms with van der Waals surface area (Å²) in [5, 5.41) is 13.8. The van der Waals surface area contributed by atoms with E-state index in [1.54, 1.807) is 0 Å². The van der Waals surface area contributed by atoms with Gasteiger partial charge in [0.1, 0.15) is 6.04 Å². The molecule has 0 radical (unpaired) electrons. The van der Waals surface area contributed by atoms with E-state index in [1.807, 2.05) is 14.1 Å². The van der Waals surface area contributed by atoms with Gasteiger partial charge in [-0.1, -0.05) is 12.1 Å². The normalized spacial score (nSPS) is 15.6. The Labute approximate surface area is 149 Å². The number of aliphatic hydroxyl groups is 1. The lowest BCUT2D eigenvalue weighted by atomic mass is 10.0. The SMILES string of the molecule is CN(C)c1ccc([C@H](CNC(=O)C(=O)NCCO)[NH+]2CCCC2)cc1. The quantitative estimate of drug-likeness (QED) is 0.461. The van der Waals surface area contributed by atoms with Crippen LogP contribution in [-0.2, 0) is 9.59 Å². The molecule has 0 bridgehead atoms. The third-order valence-corrected chi connectivity index (χ3v) is 4.62. The van der Waals surface area contributed by atoms with Crippen LogP contribution in [0, 0.1) is 0 Å². The van der Waals surface area contributed by atoms with Gasteiger partial charge in [-0.25, -0.2) is 0 Å². The number of benzene rings is 1. The average molecular weight is 349 g/mol. The van der Waals surface area contributed by atoms with Crippen LogP contribution >= 0.6 is 0 Å². The van der Waals surface area contributed by atoms with E-state index in [0.717, 1.165) is 18.8 Å². The van der Waals surface area contributed by atoms with Crippen molar-refractivity contribution in [2.75, 3.05) is 51.8 Å². The van der Waals surface area contributed by atoms with E-state index >= 15 is 0 Å². The fourth-order valence-corrected chi connectivity index (χ4v) is 3.20. The van der Waals surface area contributed by atoms with Gasteiger partial charge in [-0.15, -0.1) is 0 Å². The van der Waals surface area contributed by atoms with Crippen LogP contribution in [0.1, 0.15) is 24.4 Å². The van der Waals surface area contributed by atoms with Crippen LogP contribution in [0.2, 0.25) is 0 Å². The second-order valence-corrected chi connectivity index (χ2v) is 6.59. The van der Waals surface area contributed by atoms with Crippen LogP contribution in [0.5, 0.6) is 0 Å². The van der Waals surface area contributed by atoms with Crippen molar-refractivity contribution in [2.45, 2.75) is 18.9 Å². The molecule has 1 aliphatic rings. The second kappa shape index (κ2) is 9.39. The van der Waals surface area contributed by atoms with E-state index in [1.165, 1.54) is 23.3 Å². The van der Waals surface area contributed by atoms with Gasteiger partial charge in [0, 0.05) is 44.7 Å². The number of anilines is 1. The van der Waals surface area contributed by atoms with Gasteiger partial charge < -0.3 is 25.5 Å². The molecule has 7 nitrogen and oxygen atoms in total. The summed E-state index contributed by atoms with van der Waals surface area (Å²) in [6.45, 7) is 2.47. The van der Waals surface area contributed by atoms with Gasteiger partial charge in [-0.3, -0.25) is 9.59 Å². The van der Waals surface area contributed by atoms with E-state index in [2.05, 4.69) is 39.8 Å². The molecule has 25 heavy (non-hydrogen) atoms. The maximum atomic E-state index is 11.9. The maximum Gasteiger partial charge on any atom is 0.309 e. The minimum atomic E-state index is -0.702. The van der Waals surface area contributed by atoms with Crippen LogP contribution in [0.3, 0.4) is 0 Å². The zero-order chi connectivity index (χ0) is 18.2. The number of carbonyl (C=O) groups is 2. The summed E-state index contributed by atoms with van der Waals surface area (Å²) in [6.07, 6.45) is 2.37. The van der Waals surface area contributed by atoms with Crippen molar-refractivity contribution in [3.8, 4) is 0 Å². The fourth-order valence-electron chi connectivity index (χ4n) is 3.20. The number of quaternary nitrogens is 1. The summed E-state index contributed by atoms with van der Waals surface area (Å²) < 4.78 is 0. The lowest BCUT2D eigenvalue weighted by Gasteiger charge is -2.25. The minimum Gasteiger partial charge on any atom is -0.395 e. The largest absolute Gasteiger partial charge is 0.395 e. The van der Waals surface area contributed by atoms with Crippen LogP contribution < -0.4 is 20.4 Å². The molecule has 2 rings (SSSR count). The lowest BCUT2D eigenvalue weighted by Crippen LogP contribution is -3.11. The first-order valence-corrected chi connectivity index (χ1v) is 8.81. The smallest absolute Gasteiger partial charge is 0.309 e. The van der Waals surface area contributed by atoms with Crippen molar-refractivity contribution in [3.63, 3.8) is 0 Å². The first-order chi connectivity index (χ1) is 12.0. The van der Waals surface area contributed by atoms with Gasteiger partial charge in [0.25, 0.3) is 0 Å². The van der Waals surface area contributed by atoms with Crippen LogP contribution in [0.4, 0.5) is 5.69 Å². The highest BCUT2D eigenvalue weighted by molar-refractivity contribution is 6.35. The minimum absolute atomic E-state index is 0.0824. The van der Waals surface area contributed by atoms with Gasteiger partial charge in [-0.05, 0) is 12.1 Å². The molecule has 1 heterocycles. The number of nitrogens with zero attached hydrogens (tertiary/aromatic N) is 1. The molecule has 138 valence electrons. The van der Waals surface area contributed by atoms with Crippen molar-refractivity contribution in [1.82, 2.24) is 10.6 Å². The van der Waals surface area contributed by atoms with E-state index < -0.39 is 11.8 Å². The van der Waals surface area contributed by atoms with Gasteiger partial charge in [0.05, 0.1) is 26.2 Å².